The Bertz CT molecular complexity index is 153. The van der Waals surface area contributed by atoms with E-state index in [1.54, 1.807) is 0 Å². The molecule has 2 aliphatic rings. The van der Waals surface area contributed by atoms with E-state index in [1.165, 1.54) is 0 Å². The van der Waals surface area contributed by atoms with E-state index in [9.17, 15) is 0 Å². The van der Waals surface area contributed by atoms with Crippen LogP contribution in [0.2, 0.25) is 0 Å². The van der Waals surface area contributed by atoms with E-state index in [1.807, 2.05) is 24.3 Å². The van der Waals surface area contributed by atoms with Crippen molar-refractivity contribution >= 4 is 0 Å². The molecule has 2 heteroatoms. The summed E-state index contributed by atoms with van der Waals surface area (Å²) in [6.45, 7) is 0. The van der Waals surface area contributed by atoms with E-state index in [0.717, 1.165) is 12.8 Å². The molecule has 0 unspecified atom stereocenters. The maximum Gasteiger partial charge on any atom is 4.00 e. The molecule has 0 aliphatic heterocycles. The summed E-state index contributed by atoms with van der Waals surface area (Å²) in [7, 11) is 0. The van der Waals surface area contributed by atoms with Crippen LogP contribution in [0.5, 0.6) is 0 Å². The van der Waals surface area contributed by atoms with Crippen LogP contribution < -0.4 is 17.0 Å². The maximum absolute atomic E-state index is 2.99. The number of rotatable bonds is 0. The summed E-state index contributed by atoms with van der Waals surface area (Å²) in [5.41, 5.74) is 0. The second-order valence-electron chi connectivity index (χ2n) is 2.01. The fourth-order valence-electron chi connectivity index (χ4n) is 0.680. The minimum atomic E-state index is 0. The van der Waals surface area contributed by atoms with Crippen molar-refractivity contribution in [3.05, 3.63) is 48.6 Å². The van der Waals surface area contributed by atoms with Gasteiger partial charge < -0.3 is 18.4 Å². The molecular weight excluding hydrogens is 248 g/mol. The summed E-state index contributed by atoms with van der Waals surface area (Å²) in [4.78, 5) is 0. The fraction of sp³-hybridized carbons (Fsp3) is 0.200. The van der Waals surface area contributed by atoms with Crippen molar-refractivity contribution in [3.63, 3.8) is 0 Å². The number of halogens is 1. The molecule has 12 heavy (non-hydrogen) atoms. The Morgan fingerprint density at radius 1 is 0.917 bits per heavy atom. The van der Waals surface area contributed by atoms with Gasteiger partial charge in [-0.3, -0.25) is 12.2 Å². The molecule has 0 nitrogen and oxygen atoms in total. The number of hydrogen-bond acceptors (Lipinski definition) is 0. The Labute approximate surface area is 101 Å². The predicted molar refractivity (Wildman–Crippen MR) is 44.3 cm³/mol. The van der Waals surface area contributed by atoms with E-state index in [-0.39, 0.29) is 40.1 Å². The van der Waals surface area contributed by atoms with Crippen LogP contribution >= 0.6 is 0 Å². The van der Waals surface area contributed by atoms with Crippen LogP contribution in [0.25, 0.3) is 0 Å². The summed E-state index contributed by atoms with van der Waals surface area (Å²) in [6, 6.07) is 0. The third kappa shape index (κ3) is 8.25. The molecule has 0 amide bonds. The molecule has 0 bridgehead atoms. The molecule has 0 atom stereocenters. The zero-order chi connectivity index (χ0) is 7.07. The van der Waals surface area contributed by atoms with Gasteiger partial charge in [0.15, 0.2) is 0 Å². The second kappa shape index (κ2) is 11.2. The van der Waals surface area contributed by atoms with Crippen LogP contribution in [-0.2, 0) is 21.7 Å². The molecule has 0 N–H and O–H groups in total. The van der Waals surface area contributed by atoms with Crippen molar-refractivity contribution in [2.24, 2.45) is 0 Å². The van der Waals surface area contributed by atoms with Gasteiger partial charge in [0.2, 0.25) is 0 Å². The molecule has 2 aliphatic carbocycles. The molecule has 0 aromatic carbocycles. The van der Waals surface area contributed by atoms with Gasteiger partial charge >= 0.3 is 21.7 Å². The smallest absolute Gasteiger partial charge is 1.00 e. The summed E-state index contributed by atoms with van der Waals surface area (Å²) < 4.78 is 0. The first-order valence-electron chi connectivity index (χ1n) is 3.43. The summed E-state index contributed by atoms with van der Waals surface area (Å²) in [5.74, 6) is 0. The molecular formula is C10H11BrTi. The average molecular weight is 259 g/mol. The molecule has 0 aromatic rings. The van der Waals surface area contributed by atoms with Crippen molar-refractivity contribution in [3.8, 4) is 0 Å². The van der Waals surface area contributed by atoms with Gasteiger partial charge in [-0.05, 0) is 0 Å². The van der Waals surface area contributed by atoms with Gasteiger partial charge in [0.1, 0.15) is 0 Å². The van der Waals surface area contributed by atoms with Crippen molar-refractivity contribution in [2.75, 3.05) is 0 Å². The molecule has 0 fully saturated rings. The molecule has 2 rings (SSSR count). The number of allylic oxidation sites excluding steroid dienone is 8. The van der Waals surface area contributed by atoms with Gasteiger partial charge in [-0.25, -0.2) is 24.3 Å². The first-order valence-corrected chi connectivity index (χ1v) is 3.43. The van der Waals surface area contributed by atoms with Gasteiger partial charge in [-0.1, -0.05) is 0 Å². The maximum atomic E-state index is 2.99. The zero-order valence-electron chi connectivity index (χ0n) is 7.76. The largest absolute Gasteiger partial charge is 4.00 e. The van der Waals surface area contributed by atoms with Crippen molar-refractivity contribution in [1.82, 2.24) is 0 Å². The van der Waals surface area contributed by atoms with Crippen LogP contribution in [0.4, 0.5) is 0 Å². The Hall–Kier alpha value is 0.154. The minimum Gasteiger partial charge on any atom is -1.00 e. The Morgan fingerprint density at radius 3 is 1.42 bits per heavy atom. The summed E-state index contributed by atoms with van der Waals surface area (Å²) in [6.07, 6.45) is 20.0. The second-order valence-corrected chi connectivity index (χ2v) is 2.01. The van der Waals surface area contributed by atoms with Crippen LogP contribution in [0, 0.1) is 12.2 Å². The van der Waals surface area contributed by atoms with Gasteiger partial charge in [0.25, 0.3) is 0 Å². The van der Waals surface area contributed by atoms with Crippen molar-refractivity contribution in [1.29, 1.82) is 0 Å². The SMILES string of the molecule is [Br-].[C-]1=CC=CC1.[C-]1=CC=CC1.[H-].[Ti+4]. The van der Waals surface area contributed by atoms with Crippen LogP contribution in [0.15, 0.2) is 36.5 Å². The molecule has 0 radical (unpaired) electrons. The third-order valence-electron chi connectivity index (χ3n) is 1.17. The monoisotopic (exact) mass is 258 g/mol. The van der Waals surface area contributed by atoms with E-state index < -0.39 is 0 Å². The standard InChI is InChI=1S/2C5H5.BrH.Ti.H/c2*1-2-4-5-3-1;;;/h2*1-3H,4H2;1H;;/q2*-1;;+4;-1/p-1. The molecule has 0 spiro atoms. The van der Waals surface area contributed by atoms with Gasteiger partial charge in [0.05, 0.1) is 0 Å². The normalized spacial score (nSPS) is 14.7. The molecule has 0 heterocycles. The Balaban J connectivity index is -0.000000125. The predicted octanol–water partition coefficient (Wildman–Crippen LogP) is -0.275. The minimum absolute atomic E-state index is 0. The van der Waals surface area contributed by atoms with Crippen molar-refractivity contribution in [2.45, 2.75) is 12.8 Å². The molecule has 0 saturated heterocycles. The quantitative estimate of drug-likeness (QED) is 0.415. The van der Waals surface area contributed by atoms with E-state index >= 15 is 0 Å². The zero-order valence-corrected chi connectivity index (χ0v) is 9.90. The van der Waals surface area contributed by atoms with Crippen molar-refractivity contribution < 1.29 is 40.1 Å². The Morgan fingerprint density at radius 2 is 1.33 bits per heavy atom. The third-order valence-corrected chi connectivity index (χ3v) is 1.17. The van der Waals surface area contributed by atoms with Gasteiger partial charge in [-0.2, -0.15) is 12.2 Å². The van der Waals surface area contributed by atoms with E-state index in [2.05, 4.69) is 24.3 Å². The molecule has 0 saturated carbocycles. The fourth-order valence-corrected chi connectivity index (χ4v) is 0.680. The van der Waals surface area contributed by atoms with Gasteiger partial charge in [0, 0.05) is 0 Å². The average Bonchev–Trinajstić information content (AvgIpc) is 2.67. The Kier molecular flexibility index (Phi) is 13.6. The topological polar surface area (TPSA) is 0 Å². The summed E-state index contributed by atoms with van der Waals surface area (Å²) in [5, 5.41) is 0. The van der Waals surface area contributed by atoms with E-state index in [4.69, 9.17) is 0 Å². The van der Waals surface area contributed by atoms with Crippen LogP contribution in [0.3, 0.4) is 0 Å². The molecule has 0 aromatic heterocycles. The number of hydrogen-bond donors (Lipinski definition) is 0. The van der Waals surface area contributed by atoms with Crippen LogP contribution in [0.1, 0.15) is 14.3 Å². The summed E-state index contributed by atoms with van der Waals surface area (Å²) >= 11 is 0. The first-order chi connectivity index (χ1) is 5.00. The first kappa shape index (κ1) is 14.7. The van der Waals surface area contributed by atoms with E-state index in [0.29, 0.717) is 0 Å². The van der Waals surface area contributed by atoms with Crippen LogP contribution in [-0.4, -0.2) is 0 Å². The van der Waals surface area contributed by atoms with Gasteiger partial charge in [-0.15, -0.1) is 12.8 Å². The molecule has 62 valence electrons.